The second-order valence-electron chi connectivity index (χ2n) is 5.15. The first-order chi connectivity index (χ1) is 9.88. The van der Waals surface area contributed by atoms with Crippen LogP contribution < -0.4 is 5.32 Å². The zero-order valence-corrected chi connectivity index (χ0v) is 13.7. The van der Waals surface area contributed by atoms with Gasteiger partial charge in [-0.1, -0.05) is 0 Å². The Hall–Kier alpha value is -1.89. The fourth-order valence-electron chi connectivity index (χ4n) is 1.94. The van der Waals surface area contributed by atoms with E-state index in [0.717, 1.165) is 10.0 Å². The van der Waals surface area contributed by atoms with Gasteiger partial charge in [-0.2, -0.15) is 5.10 Å². The molecule has 6 nitrogen and oxygen atoms in total. The number of nitrogens with zero attached hydrogens (tertiary/aromatic N) is 3. The molecule has 0 amide bonds. The lowest BCUT2D eigenvalue weighted by molar-refractivity contribution is -0.385. The van der Waals surface area contributed by atoms with Crippen molar-refractivity contribution >= 4 is 27.3 Å². The molecule has 0 bridgehead atoms. The number of aromatic nitrogens is 2. The fraction of sp³-hybridized carbons (Fsp3) is 0.357. The smallest absolute Gasteiger partial charge is 0.274 e. The van der Waals surface area contributed by atoms with Gasteiger partial charge in [0.05, 0.1) is 16.8 Å². The highest BCUT2D eigenvalue weighted by atomic mass is 79.9. The second kappa shape index (κ2) is 6.26. The van der Waals surface area contributed by atoms with Crippen LogP contribution in [0.1, 0.15) is 31.0 Å². The average molecular weight is 353 g/mol. The molecule has 1 N–H and O–H groups in total. The highest BCUT2D eigenvalue weighted by Crippen LogP contribution is 2.30. The minimum absolute atomic E-state index is 0.110. The number of anilines is 1. The van der Waals surface area contributed by atoms with E-state index >= 15 is 0 Å². The van der Waals surface area contributed by atoms with Gasteiger partial charge < -0.3 is 5.32 Å². The Morgan fingerprint density at radius 3 is 2.76 bits per heavy atom. The lowest BCUT2D eigenvalue weighted by Crippen LogP contribution is -2.02. The maximum atomic E-state index is 11.0. The summed E-state index contributed by atoms with van der Waals surface area (Å²) in [5.74, 6) is 0. The zero-order chi connectivity index (χ0) is 15.6. The molecule has 112 valence electrons. The van der Waals surface area contributed by atoms with Crippen molar-refractivity contribution in [2.24, 2.45) is 0 Å². The molecule has 1 aromatic heterocycles. The summed E-state index contributed by atoms with van der Waals surface area (Å²) in [4.78, 5) is 10.6. The van der Waals surface area contributed by atoms with Gasteiger partial charge in [0.1, 0.15) is 0 Å². The summed E-state index contributed by atoms with van der Waals surface area (Å²) in [6.07, 6.45) is 3.76. The van der Waals surface area contributed by atoms with E-state index in [1.807, 2.05) is 10.9 Å². The lowest BCUT2D eigenvalue weighted by atomic mass is 10.2. The normalized spacial score (nSPS) is 10.9. The summed E-state index contributed by atoms with van der Waals surface area (Å²) in [5.41, 5.74) is 2.46. The first kappa shape index (κ1) is 15.5. The molecule has 0 saturated carbocycles. The standard InChI is InChI=1S/C14H17BrN4O2/c1-9(2)18-8-11(7-17-18)6-16-13-5-14(19(20)21)10(3)4-12(13)15/h4-5,7-9,16H,6H2,1-3H3. The third-order valence-electron chi connectivity index (χ3n) is 3.15. The van der Waals surface area contributed by atoms with Gasteiger partial charge in [-0.15, -0.1) is 0 Å². The minimum atomic E-state index is -0.371. The van der Waals surface area contributed by atoms with Crippen LogP contribution in [0, 0.1) is 17.0 Å². The summed E-state index contributed by atoms with van der Waals surface area (Å²) in [6, 6.07) is 3.61. The van der Waals surface area contributed by atoms with Crippen molar-refractivity contribution in [1.82, 2.24) is 9.78 Å². The average Bonchev–Trinajstić information content (AvgIpc) is 2.86. The van der Waals surface area contributed by atoms with E-state index in [9.17, 15) is 10.1 Å². The SMILES string of the molecule is Cc1cc(Br)c(NCc2cnn(C(C)C)c2)cc1[N+](=O)[O-]. The molecule has 0 aliphatic rings. The molecule has 2 aromatic rings. The molecular weight excluding hydrogens is 336 g/mol. The van der Waals surface area contributed by atoms with Gasteiger partial charge in [0.25, 0.3) is 5.69 Å². The molecule has 0 saturated heterocycles. The number of nitrogens with one attached hydrogen (secondary N) is 1. The van der Waals surface area contributed by atoms with Crippen LogP contribution in [0.4, 0.5) is 11.4 Å². The number of halogens is 1. The van der Waals surface area contributed by atoms with Crippen molar-refractivity contribution in [2.45, 2.75) is 33.4 Å². The number of hydrogen-bond donors (Lipinski definition) is 1. The van der Waals surface area contributed by atoms with Crippen molar-refractivity contribution in [3.63, 3.8) is 0 Å². The highest BCUT2D eigenvalue weighted by Gasteiger charge is 2.14. The summed E-state index contributed by atoms with van der Waals surface area (Å²) >= 11 is 3.43. The van der Waals surface area contributed by atoms with Crippen molar-refractivity contribution in [1.29, 1.82) is 0 Å². The van der Waals surface area contributed by atoms with Crippen molar-refractivity contribution in [3.05, 3.63) is 50.2 Å². The second-order valence-corrected chi connectivity index (χ2v) is 6.01. The molecule has 0 radical (unpaired) electrons. The molecule has 0 fully saturated rings. The Labute approximate surface area is 131 Å². The topological polar surface area (TPSA) is 73.0 Å². The van der Waals surface area contributed by atoms with Crippen molar-refractivity contribution in [2.75, 3.05) is 5.32 Å². The summed E-state index contributed by atoms with van der Waals surface area (Å²) in [6.45, 7) is 6.40. The number of benzene rings is 1. The molecule has 2 rings (SSSR count). The molecule has 0 aliphatic heterocycles. The van der Waals surface area contributed by atoms with Crippen LogP contribution in [-0.4, -0.2) is 14.7 Å². The van der Waals surface area contributed by atoms with Crippen molar-refractivity contribution in [3.8, 4) is 0 Å². The van der Waals surface area contributed by atoms with Gasteiger partial charge in [0.2, 0.25) is 0 Å². The molecule has 1 aromatic carbocycles. The molecule has 0 spiro atoms. The van der Waals surface area contributed by atoms with E-state index in [4.69, 9.17) is 0 Å². The minimum Gasteiger partial charge on any atom is -0.380 e. The van der Waals surface area contributed by atoms with E-state index in [1.165, 1.54) is 0 Å². The number of nitro groups is 1. The van der Waals surface area contributed by atoms with Gasteiger partial charge in [-0.25, -0.2) is 0 Å². The van der Waals surface area contributed by atoms with Crippen LogP contribution in [0.25, 0.3) is 0 Å². The van der Waals surface area contributed by atoms with E-state index in [-0.39, 0.29) is 10.6 Å². The number of rotatable bonds is 5. The fourth-order valence-corrected chi connectivity index (χ4v) is 2.54. The number of hydrogen-bond acceptors (Lipinski definition) is 4. The molecule has 0 atom stereocenters. The number of aryl methyl sites for hydroxylation is 1. The predicted molar refractivity (Wildman–Crippen MR) is 85.5 cm³/mol. The highest BCUT2D eigenvalue weighted by molar-refractivity contribution is 9.10. The largest absolute Gasteiger partial charge is 0.380 e. The summed E-state index contributed by atoms with van der Waals surface area (Å²) < 4.78 is 2.69. The first-order valence-electron chi connectivity index (χ1n) is 6.60. The van der Waals surface area contributed by atoms with Crippen LogP contribution in [0.15, 0.2) is 29.0 Å². The Bertz CT molecular complexity index is 667. The molecule has 0 unspecified atom stereocenters. The van der Waals surface area contributed by atoms with Crippen LogP contribution in [0.2, 0.25) is 0 Å². The van der Waals surface area contributed by atoms with Gasteiger partial charge in [-0.3, -0.25) is 14.8 Å². The Balaban J connectivity index is 2.15. The Morgan fingerprint density at radius 1 is 1.48 bits per heavy atom. The van der Waals surface area contributed by atoms with E-state index in [1.54, 1.807) is 25.3 Å². The van der Waals surface area contributed by atoms with Gasteiger partial charge in [0.15, 0.2) is 0 Å². The quantitative estimate of drug-likeness (QED) is 0.650. The van der Waals surface area contributed by atoms with Crippen molar-refractivity contribution < 1.29 is 4.92 Å². The molecule has 0 aliphatic carbocycles. The predicted octanol–water partition coefficient (Wildman–Crippen LogP) is 4.06. The zero-order valence-electron chi connectivity index (χ0n) is 12.1. The molecule has 7 heteroatoms. The molecular formula is C14H17BrN4O2. The van der Waals surface area contributed by atoms with Crippen LogP contribution in [0.3, 0.4) is 0 Å². The molecule has 21 heavy (non-hydrogen) atoms. The van der Waals surface area contributed by atoms with E-state index in [2.05, 4.69) is 40.2 Å². The van der Waals surface area contributed by atoms with Gasteiger partial charge >= 0.3 is 0 Å². The van der Waals surface area contributed by atoms with Crippen LogP contribution in [0.5, 0.6) is 0 Å². The van der Waals surface area contributed by atoms with Gasteiger partial charge in [-0.05, 0) is 42.8 Å². The molecule has 1 heterocycles. The monoisotopic (exact) mass is 352 g/mol. The van der Waals surface area contributed by atoms with E-state index in [0.29, 0.717) is 23.8 Å². The summed E-state index contributed by atoms with van der Waals surface area (Å²) in [7, 11) is 0. The summed E-state index contributed by atoms with van der Waals surface area (Å²) in [5, 5.41) is 18.5. The van der Waals surface area contributed by atoms with Crippen LogP contribution in [-0.2, 0) is 6.54 Å². The van der Waals surface area contributed by atoms with E-state index < -0.39 is 0 Å². The number of nitro benzene ring substituents is 1. The Kier molecular flexibility index (Phi) is 4.62. The maximum absolute atomic E-state index is 11.0. The first-order valence-corrected chi connectivity index (χ1v) is 7.39. The lowest BCUT2D eigenvalue weighted by Gasteiger charge is -2.09. The maximum Gasteiger partial charge on any atom is 0.274 e. The Morgan fingerprint density at radius 2 is 2.19 bits per heavy atom. The third kappa shape index (κ3) is 3.60. The third-order valence-corrected chi connectivity index (χ3v) is 3.81. The van der Waals surface area contributed by atoms with Crippen LogP contribution >= 0.6 is 15.9 Å². The van der Waals surface area contributed by atoms with Gasteiger partial charge in [0, 0.05) is 40.4 Å².